The number of hydrogen-bond donors (Lipinski definition) is 3. The minimum atomic E-state index is -1.63. The van der Waals surface area contributed by atoms with E-state index in [1.807, 2.05) is 24.3 Å². The molecule has 2 aliphatic rings. The SMILES string of the molecule is CN=C(NCC(=O)Nc1ccc(F)c(F)c1F)NC1CC2(CCCC2)Oc2ccccc21. The number of amides is 1. The first kappa shape index (κ1) is 22.0. The number of guanidine groups is 1. The molecule has 1 aliphatic heterocycles. The van der Waals surface area contributed by atoms with E-state index < -0.39 is 29.0 Å². The van der Waals surface area contributed by atoms with Crippen LogP contribution in [0, 0.1) is 17.5 Å². The van der Waals surface area contributed by atoms with Crippen molar-refractivity contribution in [2.24, 2.45) is 4.99 Å². The van der Waals surface area contributed by atoms with Gasteiger partial charge in [0.1, 0.15) is 11.4 Å². The first-order valence-electron chi connectivity index (χ1n) is 10.6. The van der Waals surface area contributed by atoms with Crippen LogP contribution in [0.3, 0.4) is 0 Å². The maximum Gasteiger partial charge on any atom is 0.243 e. The number of aliphatic imine (C=N–C) groups is 1. The van der Waals surface area contributed by atoms with Gasteiger partial charge in [0.05, 0.1) is 18.3 Å². The Labute approximate surface area is 184 Å². The van der Waals surface area contributed by atoms with Gasteiger partial charge in [-0.1, -0.05) is 18.2 Å². The van der Waals surface area contributed by atoms with Crippen LogP contribution in [0.25, 0.3) is 0 Å². The number of rotatable bonds is 4. The second-order valence-corrected chi connectivity index (χ2v) is 8.13. The van der Waals surface area contributed by atoms with E-state index >= 15 is 0 Å². The number of para-hydroxylation sites is 1. The van der Waals surface area contributed by atoms with Gasteiger partial charge in [0.2, 0.25) is 5.91 Å². The molecule has 0 bridgehead atoms. The van der Waals surface area contributed by atoms with Crippen LogP contribution >= 0.6 is 0 Å². The topological polar surface area (TPSA) is 74.8 Å². The number of carbonyl (C=O) groups excluding carboxylic acids is 1. The van der Waals surface area contributed by atoms with E-state index in [2.05, 4.69) is 20.9 Å². The zero-order valence-corrected chi connectivity index (χ0v) is 17.7. The molecule has 1 saturated carbocycles. The molecular formula is C23H25F3N4O2. The Morgan fingerprint density at radius 2 is 1.88 bits per heavy atom. The van der Waals surface area contributed by atoms with E-state index in [0.717, 1.165) is 55.5 Å². The van der Waals surface area contributed by atoms with Crippen molar-refractivity contribution >= 4 is 17.6 Å². The summed E-state index contributed by atoms with van der Waals surface area (Å²) in [4.78, 5) is 16.4. The van der Waals surface area contributed by atoms with E-state index in [9.17, 15) is 18.0 Å². The van der Waals surface area contributed by atoms with Crippen molar-refractivity contribution in [2.45, 2.75) is 43.7 Å². The van der Waals surface area contributed by atoms with Crippen molar-refractivity contribution in [3.05, 3.63) is 59.4 Å². The third-order valence-corrected chi connectivity index (χ3v) is 5.97. The smallest absolute Gasteiger partial charge is 0.243 e. The molecule has 1 amide bonds. The summed E-state index contributed by atoms with van der Waals surface area (Å²) in [5.41, 5.74) is 0.383. The third-order valence-electron chi connectivity index (χ3n) is 5.97. The fourth-order valence-corrected chi connectivity index (χ4v) is 4.41. The molecule has 1 fully saturated rings. The van der Waals surface area contributed by atoms with Gasteiger partial charge in [-0.05, 0) is 43.9 Å². The Hall–Kier alpha value is -3.23. The minimum absolute atomic E-state index is 0.0593. The number of halogens is 3. The van der Waals surface area contributed by atoms with Crippen LogP contribution in [0.15, 0.2) is 41.4 Å². The predicted octanol–water partition coefficient (Wildman–Crippen LogP) is 4.04. The van der Waals surface area contributed by atoms with Crippen molar-refractivity contribution in [1.82, 2.24) is 10.6 Å². The van der Waals surface area contributed by atoms with E-state index in [4.69, 9.17) is 4.74 Å². The Morgan fingerprint density at radius 3 is 2.62 bits per heavy atom. The minimum Gasteiger partial charge on any atom is -0.487 e. The first-order valence-corrected chi connectivity index (χ1v) is 10.6. The summed E-state index contributed by atoms with van der Waals surface area (Å²) in [5.74, 6) is -3.78. The quantitative estimate of drug-likeness (QED) is 0.377. The van der Waals surface area contributed by atoms with Gasteiger partial charge in [-0.3, -0.25) is 9.79 Å². The molecule has 0 saturated heterocycles. The normalized spacial score (nSPS) is 19.2. The van der Waals surface area contributed by atoms with E-state index in [1.165, 1.54) is 0 Å². The van der Waals surface area contributed by atoms with Gasteiger partial charge < -0.3 is 20.7 Å². The maximum atomic E-state index is 13.8. The molecular weight excluding hydrogens is 421 g/mol. The Bertz CT molecular complexity index is 1040. The highest BCUT2D eigenvalue weighted by Gasteiger charge is 2.43. The number of fused-ring (bicyclic) bond motifs is 1. The van der Waals surface area contributed by atoms with Gasteiger partial charge in [-0.15, -0.1) is 0 Å². The molecule has 6 nitrogen and oxygen atoms in total. The molecule has 2 aromatic rings. The lowest BCUT2D eigenvalue weighted by atomic mass is 9.86. The van der Waals surface area contributed by atoms with Crippen LogP contribution in [0.5, 0.6) is 5.75 Å². The van der Waals surface area contributed by atoms with Crippen molar-refractivity contribution < 1.29 is 22.7 Å². The van der Waals surface area contributed by atoms with E-state index in [1.54, 1.807) is 7.05 Å². The second kappa shape index (κ2) is 9.10. The third kappa shape index (κ3) is 4.51. The fourth-order valence-electron chi connectivity index (χ4n) is 4.41. The Morgan fingerprint density at radius 1 is 1.12 bits per heavy atom. The average Bonchev–Trinajstić information content (AvgIpc) is 3.24. The zero-order chi connectivity index (χ0) is 22.7. The molecule has 1 atom stereocenters. The number of anilines is 1. The van der Waals surface area contributed by atoms with E-state index in [0.29, 0.717) is 5.96 Å². The highest BCUT2D eigenvalue weighted by atomic mass is 19.2. The Balaban J connectivity index is 1.40. The molecule has 1 aliphatic carbocycles. The Kier molecular flexibility index (Phi) is 6.25. The number of ether oxygens (including phenoxy) is 1. The molecule has 170 valence electrons. The van der Waals surface area contributed by atoms with Gasteiger partial charge in [0.25, 0.3) is 0 Å². The first-order chi connectivity index (χ1) is 15.4. The molecule has 0 aromatic heterocycles. The van der Waals surface area contributed by atoms with Crippen LogP contribution in [0.2, 0.25) is 0 Å². The van der Waals surface area contributed by atoms with Crippen molar-refractivity contribution in [3.63, 3.8) is 0 Å². The van der Waals surface area contributed by atoms with Crippen LogP contribution < -0.4 is 20.7 Å². The number of carbonyl (C=O) groups is 1. The van der Waals surface area contributed by atoms with Crippen LogP contribution in [-0.2, 0) is 4.79 Å². The molecule has 1 unspecified atom stereocenters. The molecule has 3 N–H and O–H groups in total. The van der Waals surface area contributed by atoms with Gasteiger partial charge in [-0.25, -0.2) is 13.2 Å². The van der Waals surface area contributed by atoms with Gasteiger partial charge in [0.15, 0.2) is 23.4 Å². The van der Waals surface area contributed by atoms with E-state index in [-0.39, 0.29) is 18.2 Å². The molecule has 32 heavy (non-hydrogen) atoms. The van der Waals surface area contributed by atoms with Crippen molar-refractivity contribution in [2.75, 3.05) is 18.9 Å². The number of benzene rings is 2. The summed E-state index contributed by atoms with van der Waals surface area (Å²) in [6, 6.07) is 9.52. The lowest BCUT2D eigenvalue weighted by Crippen LogP contribution is -2.47. The van der Waals surface area contributed by atoms with Crippen molar-refractivity contribution in [3.8, 4) is 5.75 Å². The van der Waals surface area contributed by atoms with Gasteiger partial charge >= 0.3 is 0 Å². The molecule has 4 rings (SSSR count). The monoisotopic (exact) mass is 446 g/mol. The van der Waals surface area contributed by atoms with Gasteiger partial charge in [0, 0.05) is 19.0 Å². The summed E-state index contributed by atoms with van der Waals surface area (Å²) < 4.78 is 46.6. The number of hydrogen-bond acceptors (Lipinski definition) is 3. The second-order valence-electron chi connectivity index (χ2n) is 8.13. The molecule has 9 heteroatoms. The summed E-state index contributed by atoms with van der Waals surface area (Å²) in [5, 5.41) is 8.47. The van der Waals surface area contributed by atoms with Crippen molar-refractivity contribution in [1.29, 1.82) is 0 Å². The standard InChI is InChI=1S/C23H25F3N4O2/c1-27-22(28-13-19(31)29-16-9-8-15(24)20(25)21(16)26)30-17-12-23(10-4-5-11-23)32-18-7-3-2-6-14(17)18/h2-3,6-9,17H,4-5,10-13H2,1H3,(H,29,31)(H2,27,28,30). The lowest BCUT2D eigenvalue weighted by molar-refractivity contribution is -0.115. The fraction of sp³-hybridized carbons (Fsp3) is 0.391. The summed E-state index contributed by atoms with van der Waals surface area (Å²) in [7, 11) is 1.58. The van der Waals surface area contributed by atoms with Crippen LogP contribution in [0.1, 0.15) is 43.7 Å². The molecule has 1 spiro atoms. The average molecular weight is 446 g/mol. The highest BCUT2D eigenvalue weighted by molar-refractivity contribution is 5.95. The summed E-state index contributed by atoms with van der Waals surface area (Å²) in [6.45, 7) is -0.242. The summed E-state index contributed by atoms with van der Waals surface area (Å²) >= 11 is 0. The van der Waals surface area contributed by atoms with Crippen LogP contribution in [-0.4, -0.2) is 31.1 Å². The maximum absolute atomic E-state index is 13.8. The number of nitrogens with one attached hydrogen (secondary N) is 3. The predicted molar refractivity (Wildman–Crippen MR) is 115 cm³/mol. The van der Waals surface area contributed by atoms with Crippen LogP contribution in [0.4, 0.5) is 18.9 Å². The lowest BCUT2D eigenvalue weighted by Gasteiger charge is -2.40. The highest BCUT2D eigenvalue weighted by Crippen LogP contribution is 2.46. The largest absolute Gasteiger partial charge is 0.487 e. The molecule has 2 aromatic carbocycles. The van der Waals surface area contributed by atoms with Gasteiger partial charge in [-0.2, -0.15) is 0 Å². The molecule has 0 radical (unpaired) electrons. The summed E-state index contributed by atoms with van der Waals surface area (Å²) in [6.07, 6.45) is 5.02. The molecule has 1 heterocycles. The number of nitrogens with zero attached hydrogens (tertiary/aromatic N) is 1. The zero-order valence-electron chi connectivity index (χ0n) is 17.7.